The van der Waals surface area contributed by atoms with Crippen LogP contribution in [-0.4, -0.2) is 12.8 Å². The van der Waals surface area contributed by atoms with E-state index in [1.807, 2.05) is 13.8 Å². The van der Waals surface area contributed by atoms with E-state index in [9.17, 15) is 13.2 Å². The summed E-state index contributed by atoms with van der Waals surface area (Å²) in [6, 6.07) is 7.97. The molecule has 0 aliphatic heterocycles. The lowest BCUT2D eigenvalue weighted by Gasteiger charge is -2.12. The van der Waals surface area contributed by atoms with Crippen LogP contribution in [0.15, 0.2) is 41.5 Å². The molecule has 0 unspecified atom stereocenters. The molecular formula is C18H17Cl2F3N2O. The normalized spacial score (nSPS) is 12.0. The molecule has 0 amide bonds. The number of hydrogen-bond donors (Lipinski definition) is 1. The second-order valence-corrected chi connectivity index (χ2v) is 6.78. The highest BCUT2D eigenvalue weighted by atomic mass is 35.5. The van der Waals surface area contributed by atoms with Crippen LogP contribution in [-0.2, 0) is 6.18 Å². The molecule has 3 nitrogen and oxygen atoms in total. The molecule has 2 aromatic rings. The van der Waals surface area contributed by atoms with E-state index in [1.165, 1.54) is 18.3 Å². The summed E-state index contributed by atoms with van der Waals surface area (Å²) in [4.78, 5) is 0. The number of hydrogen-bond acceptors (Lipinski definition) is 3. The van der Waals surface area contributed by atoms with Crippen LogP contribution in [0.2, 0.25) is 10.0 Å². The third-order valence-electron chi connectivity index (χ3n) is 3.18. The molecule has 0 fully saturated rings. The molecule has 0 saturated carbocycles. The summed E-state index contributed by atoms with van der Waals surface area (Å²) in [6.45, 7) is 4.48. The number of halogens is 5. The summed E-state index contributed by atoms with van der Waals surface area (Å²) in [5, 5.41) is 4.58. The van der Waals surface area contributed by atoms with Gasteiger partial charge >= 0.3 is 6.18 Å². The molecule has 140 valence electrons. The van der Waals surface area contributed by atoms with Gasteiger partial charge in [-0.1, -0.05) is 43.1 Å². The summed E-state index contributed by atoms with van der Waals surface area (Å²) >= 11 is 12.3. The van der Waals surface area contributed by atoms with Crippen LogP contribution in [0.1, 0.15) is 25.0 Å². The van der Waals surface area contributed by atoms with Crippen molar-refractivity contribution in [1.29, 1.82) is 0 Å². The van der Waals surface area contributed by atoms with Crippen LogP contribution < -0.4 is 10.2 Å². The largest absolute Gasteiger partial charge is 0.490 e. The first kappa shape index (κ1) is 20.4. The standard InChI is InChI=1S/C18H17Cl2F3N2O/c1-11(2)10-26-17-15(19)6-12(7-16(17)20)9-24-25-14-5-3-4-13(8-14)18(21,22)23/h3-9,11,25H,10H2,1-2H3. The number of alkyl halides is 3. The van der Waals surface area contributed by atoms with Gasteiger partial charge in [0.15, 0.2) is 5.75 Å². The van der Waals surface area contributed by atoms with Crippen molar-refractivity contribution >= 4 is 35.1 Å². The summed E-state index contributed by atoms with van der Waals surface area (Å²) in [5.74, 6) is 0.713. The molecule has 2 aromatic carbocycles. The lowest BCUT2D eigenvalue weighted by Crippen LogP contribution is -2.05. The molecule has 0 bridgehead atoms. The van der Waals surface area contributed by atoms with Crippen molar-refractivity contribution in [2.75, 3.05) is 12.0 Å². The van der Waals surface area contributed by atoms with Crippen molar-refractivity contribution in [2.45, 2.75) is 20.0 Å². The molecule has 0 aromatic heterocycles. The van der Waals surface area contributed by atoms with E-state index in [0.29, 0.717) is 33.9 Å². The molecule has 0 aliphatic carbocycles. The molecule has 0 heterocycles. The van der Waals surface area contributed by atoms with Gasteiger partial charge in [0.25, 0.3) is 0 Å². The molecule has 0 atom stereocenters. The van der Waals surface area contributed by atoms with Crippen molar-refractivity contribution < 1.29 is 17.9 Å². The van der Waals surface area contributed by atoms with Crippen molar-refractivity contribution in [3.8, 4) is 5.75 Å². The second-order valence-electron chi connectivity index (χ2n) is 5.97. The number of rotatable bonds is 6. The van der Waals surface area contributed by atoms with Crippen LogP contribution >= 0.6 is 23.2 Å². The Bertz CT molecular complexity index is 769. The minimum absolute atomic E-state index is 0.213. The van der Waals surface area contributed by atoms with E-state index in [0.717, 1.165) is 12.1 Å². The fourth-order valence-electron chi connectivity index (χ4n) is 1.99. The zero-order chi connectivity index (χ0) is 19.3. The third-order valence-corrected chi connectivity index (χ3v) is 3.74. The second kappa shape index (κ2) is 8.64. The monoisotopic (exact) mass is 404 g/mol. The maximum atomic E-state index is 12.7. The fraction of sp³-hybridized carbons (Fsp3) is 0.278. The molecule has 1 N–H and O–H groups in total. The zero-order valence-electron chi connectivity index (χ0n) is 14.1. The van der Waals surface area contributed by atoms with Crippen molar-refractivity contribution in [3.63, 3.8) is 0 Å². The summed E-state index contributed by atoms with van der Waals surface area (Å²) in [7, 11) is 0. The van der Waals surface area contributed by atoms with E-state index in [2.05, 4.69) is 10.5 Å². The molecule has 2 rings (SSSR count). The average molecular weight is 405 g/mol. The van der Waals surface area contributed by atoms with E-state index >= 15 is 0 Å². The topological polar surface area (TPSA) is 33.6 Å². The SMILES string of the molecule is CC(C)COc1c(Cl)cc(C=NNc2cccc(C(F)(F)F)c2)cc1Cl. The van der Waals surface area contributed by atoms with Gasteiger partial charge in [-0.3, -0.25) is 5.43 Å². The number of anilines is 1. The van der Waals surface area contributed by atoms with Crippen LogP contribution in [0.25, 0.3) is 0 Å². The number of nitrogens with zero attached hydrogens (tertiary/aromatic N) is 1. The molecule has 0 radical (unpaired) electrons. The Morgan fingerprint density at radius 2 is 1.81 bits per heavy atom. The number of hydrazone groups is 1. The van der Waals surface area contributed by atoms with Gasteiger partial charge in [0.05, 0.1) is 34.1 Å². The Hall–Kier alpha value is -1.92. The highest BCUT2D eigenvalue weighted by molar-refractivity contribution is 6.37. The predicted molar refractivity (Wildman–Crippen MR) is 99.5 cm³/mol. The van der Waals surface area contributed by atoms with Crippen LogP contribution in [0.4, 0.5) is 18.9 Å². The Kier molecular flexibility index (Phi) is 6.78. The van der Waals surface area contributed by atoms with Crippen molar-refractivity contribution in [2.24, 2.45) is 11.0 Å². The summed E-state index contributed by atoms with van der Waals surface area (Å²) in [5.41, 5.74) is 2.59. The molecule has 26 heavy (non-hydrogen) atoms. The fourth-order valence-corrected chi connectivity index (χ4v) is 2.60. The Labute approximate surface area is 159 Å². The lowest BCUT2D eigenvalue weighted by atomic mass is 10.2. The Morgan fingerprint density at radius 1 is 1.15 bits per heavy atom. The third kappa shape index (κ3) is 5.81. The molecule has 8 heteroatoms. The predicted octanol–water partition coefficient (Wildman–Crippen LogP) is 6.49. The van der Waals surface area contributed by atoms with Gasteiger partial charge in [-0.15, -0.1) is 0 Å². The van der Waals surface area contributed by atoms with E-state index in [1.54, 1.807) is 12.1 Å². The van der Waals surface area contributed by atoms with Crippen molar-refractivity contribution in [3.05, 3.63) is 57.6 Å². The Morgan fingerprint density at radius 3 is 2.38 bits per heavy atom. The quantitative estimate of drug-likeness (QED) is 0.440. The number of nitrogens with one attached hydrogen (secondary N) is 1. The van der Waals surface area contributed by atoms with Gasteiger partial charge in [0, 0.05) is 0 Å². The molecular weight excluding hydrogens is 388 g/mol. The van der Waals surface area contributed by atoms with Gasteiger partial charge in [-0.2, -0.15) is 18.3 Å². The minimum Gasteiger partial charge on any atom is -0.490 e. The van der Waals surface area contributed by atoms with Gasteiger partial charge in [0.2, 0.25) is 0 Å². The minimum atomic E-state index is -4.41. The Balaban J connectivity index is 2.09. The van der Waals surface area contributed by atoms with Crippen LogP contribution in [0, 0.1) is 5.92 Å². The van der Waals surface area contributed by atoms with Gasteiger partial charge in [-0.25, -0.2) is 0 Å². The first-order valence-electron chi connectivity index (χ1n) is 7.75. The summed E-state index contributed by atoms with van der Waals surface area (Å²) < 4.78 is 43.6. The maximum absolute atomic E-state index is 12.7. The highest BCUT2D eigenvalue weighted by Gasteiger charge is 2.30. The van der Waals surface area contributed by atoms with Crippen molar-refractivity contribution in [1.82, 2.24) is 0 Å². The highest BCUT2D eigenvalue weighted by Crippen LogP contribution is 2.34. The maximum Gasteiger partial charge on any atom is 0.416 e. The van der Waals surface area contributed by atoms with Gasteiger partial charge in [0.1, 0.15) is 0 Å². The first-order chi connectivity index (χ1) is 12.2. The first-order valence-corrected chi connectivity index (χ1v) is 8.50. The average Bonchev–Trinajstić information content (AvgIpc) is 2.53. The van der Waals surface area contributed by atoms with Gasteiger partial charge < -0.3 is 4.74 Å². The van der Waals surface area contributed by atoms with Crippen LogP contribution in [0.5, 0.6) is 5.75 Å². The number of ether oxygens (including phenoxy) is 1. The van der Waals surface area contributed by atoms with E-state index < -0.39 is 11.7 Å². The molecule has 0 saturated heterocycles. The van der Waals surface area contributed by atoms with E-state index in [-0.39, 0.29) is 5.69 Å². The van der Waals surface area contributed by atoms with E-state index in [4.69, 9.17) is 27.9 Å². The number of benzene rings is 2. The van der Waals surface area contributed by atoms with Crippen LogP contribution in [0.3, 0.4) is 0 Å². The smallest absolute Gasteiger partial charge is 0.416 e. The lowest BCUT2D eigenvalue weighted by molar-refractivity contribution is -0.137. The molecule has 0 aliphatic rings. The summed E-state index contributed by atoms with van der Waals surface area (Å²) in [6.07, 6.45) is -3.00. The van der Waals surface area contributed by atoms with Gasteiger partial charge in [-0.05, 0) is 41.8 Å². The molecule has 0 spiro atoms. The zero-order valence-corrected chi connectivity index (χ0v) is 15.6.